The van der Waals surface area contributed by atoms with Crippen LogP contribution in [0.1, 0.15) is 26.2 Å². The molecule has 0 aromatic carbocycles. The maximum absolute atomic E-state index is 11.9. The van der Waals surface area contributed by atoms with E-state index < -0.39 is 42.6 Å². The average molecular weight is 282 g/mol. The third kappa shape index (κ3) is 4.38. The number of hydrogen-bond donors (Lipinski definition) is 3. The zero-order valence-corrected chi connectivity index (χ0v) is 10.5. The molecule has 1 amide bonds. The van der Waals surface area contributed by atoms with E-state index in [1.165, 1.54) is 6.92 Å². The van der Waals surface area contributed by atoms with Crippen molar-refractivity contribution < 1.29 is 27.9 Å². The Kier molecular flexibility index (Phi) is 4.78. The van der Waals surface area contributed by atoms with Crippen LogP contribution >= 0.6 is 0 Å². The molecule has 0 saturated heterocycles. The van der Waals surface area contributed by atoms with Crippen LogP contribution in [0.2, 0.25) is 0 Å². The van der Waals surface area contributed by atoms with Crippen LogP contribution < -0.4 is 10.6 Å². The molecule has 1 rings (SSSR count). The fourth-order valence-electron chi connectivity index (χ4n) is 2.22. The third-order valence-electron chi connectivity index (χ3n) is 3.39. The molecule has 1 aliphatic carbocycles. The highest BCUT2D eigenvalue weighted by molar-refractivity contribution is 5.81. The Morgan fingerprint density at radius 2 is 2.05 bits per heavy atom. The second-order valence-electron chi connectivity index (χ2n) is 4.95. The Bertz CT molecular complexity index is 360. The maximum Gasteiger partial charge on any atom is 0.401 e. The number of carbonyl (C=O) groups excluding carboxylic acids is 1. The van der Waals surface area contributed by atoms with E-state index in [9.17, 15) is 22.8 Å². The van der Waals surface area contributed by atoms with E-state index in [1.54, 1.807) is 0 Å². The predicted molar refractivity (Wildman–Crippen MR) is 60.4 cm³/mol. The first-order valence-electron chi connectivity index (χ1n) is 5.95. The van der Waals surface area contributed by atoms with Gasteiger partial charge in [0.05, 0.1) is 18.5 Å². The number of carboxylic acid groups (broad SMARTS) is 1. The minimum absolute atomic E-state index is 0.448. The molecule has 0 spiro atoms. The number of alkyl halides is 3. The molecule has 3 N–H and O–H groups in total. The summed E-state index contributed by atoms with van der Waals surface area (Å²) >= 11 is 0. The van der Waals surface area contributed by atoms with Crippen molar-refractivity contribution in [3.63, 3.8) is 0 Å². The number of carbonyl (C=O) groups is 2. The van der Waals surface area contributed by atoms with E-state index in [2.05, 4.69) is 5.32 Å². The van der Waals surface area contributed by atoms with Crippen molar-refractivity contribution in [2.45, 2.75) is 38.4 Å². The highest BCUT2D eigenvalue weighted by Gasteiger charge is 2.45. The Labute approximate surface area is 108 Å². The minimum atomic E-state index is -4.37. The quantitative estimate of drug-likeness (QED) is 0.700. The van der Waals surface area contributed by atoms with Crippen molar-refractivity contribution >= 4 is 11.9 Å². The van der Waals surface area contributed by atoms with Crippen LogP contribution in [-0.4, -0.2) is 42.3 Å². The van der Waals surface area contributed by atoms with Crippen LogP contribution in [0.5, 0.6) is 0 Å². The molecule has 0 radical (unpaired) electrons. The number of aliphatic carboxylic acids is 1. The van der Waals surface area contributed by atoms with E-state index >= 15 is 0 Å². The number of hydrogen-bond acceptors (Lipinski definition) is 3. The first-order valence-corrected chi connectivity index (χ1v) is 5.95. The van der Waals surface area contributed by atoms with Crippen LogP contribution in [0.25, 0.3) is 0 Å². The van der Waals surface area contributed by atoms with Gasteiger partial charge in [-0.05, 0) is 19.8 Å². The normalized spacial score (nSPS) is 27.3. The van der Waals surface area contributed by atoms with Crippen molar-refractivity contribution in [2.24, 2.45) is 5.41 Å². The van der Waals surface area contributed by atoms with Crippen LogP contribution in [0.15, 0.2) is 0 Å². The van der Waals surface area contributed by atoms with E-state index in [4.69, 9.17) is 5.11 Å². The molecule has 110 valence electrons. The van der Waals surface area contributed by atoms with Crippen molar-refractivity contribution in [3.05, 3.63) is 0 Å². The predicted octanol–water partition coefficient (Wildman–Crippen LogP) is 0.898. The first-order chi connectivity index (χ1) is 8.65. The summed E-state index contributed by atoms with van der Waals surface area (Å²) in [5.41, 5.74) is -1.04. The SMILES string of the molecule is CC1(C(=O)O)CCCC1NC(=O)CNCC(F)(F)F. The standard InChI is InChI=1S/C11H17F3N2O3/c1-10(9(18)19)4-2-3-7(10)16-8(17)5-15-6-11(12,13)14/h7,15H,2-6H2,1H3,(H,16,17)(H,18,19). The molecule has 1 saturated carbocycles. The summed E-state index contributed by atoms with van der Waals surface area (Å²) in [6, 6.07) is -0.537. The molecule has 0 aromatic heterocycles. The topological polar surface area (TPSA) is 78.4 Å². The molecule has 0 bridgehead atoms. The summed E-state index contributed by atoms with van der Waals surface area (Å²) in [6.45, 7) is -0.191. The summed E-state index contributed by atoms with van der Waals surface area (Å²) < 4.78 is 35.6. The fourth-order valence-corrected chi connectivity index (χ4v) is 2.22. The van der Waals surface area contributed by atoms with Crippen LogP contribution in [-0.2, 0) is 9.59 Å². The Hall–Kier alpha value is -1.31. The van der Waals surface area contributed by atoms with E-state index in [0.717, 1.165) is 0 Å². The van der Waals surface area contributed by atoms with Gasteiger partial charge in [-0.25, -0.2) is 0 Å². The number of carboxylic acids is 1. The molecule has 19 heavy (non-hydrogen) atoms. The van der Waals surface area contributed by atoms with E-state index in [0.29, 0.717) is 19.3 Å². The monoisotopic (exact) mass is 282 g/mol. The van der Waals surface area contributed by atoms with Crippen molar-refractivity contribution in [3.8, 4) is 0 Å². The van der Waals surface area contributed by atoms with Gasteiger partial charge in [0.2, 0.25) is 5.91 Å². The zero-order valence-electron chi connectivity index (χ0n) is 10.5. The molecule has 1 fully saturated rings. The van der Waals surface area contributed by atoms with Gasteiger partial charge in [-0.1, -0.05) is 6.42 Å². The number of nitrogens with one attached hydrogen (secondary N) is 2. The summed E-state index contributed by atoms with van der Waals surface area (Å²) in [4.78, 5) is 22.6. The van der Waals surface area contributed by atoms with Gasteiger partial charge >= 0.3 is 12.1 Å². The Morgan fingerprint density at radius 1 is 1.42 bits per heavy atom. The van der Waals surface area contributed by atoms with Gasteiger partial charge in [-0.3, -0.25) is 9.59 Å². The average Bonchev–Trinajstić information content (AvgIpc) is 2.59. The zero-order chi connectivity index (χ0) is 14.7. The van der Waals surface area contributed by atoms with Gasteiger partial charge in [0.25, 0.3) is 0 Å². The summed E-state index contributed by atoms with van der Waals surface area (Å²) in [6.07, 6.45) is -2.73. The highest BCUT2D eigenvalue weighted by Crippen LogP contribution is 2.38. The lowest BCUT2D eigenvalue weighted by Gasteiger charge is -2.27. The molecule has 5 nitrogen and oxygen atoms in total. The van der Waals surface area contributed by atoms with Gasteiger partial charge in [-0.15, -0.1) is 0 Å². The number of rotatable bonds is 5. The lowest BCUT2D eigenvalue weighted by atomic mass is 9.85. The molecule has 0 aliphatic heterocycles. The van der Waals surface area contributed by atoms with Crippen molar-refractivity contribution in [1.29, 1.82) is 0 Å². The van der Waals surface area contributed by atoms with E-state index in [-0.39, 0.29) is 0 Å². The molecule has 1 aliphatic rings. The van der Waals surface area contributed by atoms with Gasteiger partial charge in [0.1, 0.15) is 0 Å². The Morgan fingerprint density at radius 3 is 2.58 bits per heavy atom. The van der Waals surface area contributed by atoms with Gasteiger partial charge in [0, 0.05) is 6.04 Å². The van der Waals surface area contributed by atoms with Crippen LogP contribution in [0, 0.1) is 5.41 Å². The minimum Gasteiger partial charge on any atom is -0.481 e. The number of amides is 1. The smallest absolute Gasteiger partial charge is 0.401 e. The summed E-state index contributed by atoms with van der Waals surface area (Å²) in [7, 11) is 0. The summed E-state index contributed by atoms with van der Waals surface area (Å²) in [5, 5.41) is 13.6. The maximum atomic E-state index is 11.9. The second kappa shape index (κ2) is 5.77. The first kappa shape index (κ1) is 15.7. The molecular weight excluding hydrogens is 265 g/mol. The molecule has 2 atom stereocenters. The Balaban J connectivity index is 2.42. The fraction of sp³-hybridized carbons (Fsp3) is 0.818. The molecule has 8 heteroatoms. The van der Waals surface area contributed by atoms with E-state index in [1.807, 2.05) is 5.32 Å². The van der Waals surface area contributed by atoms with Crippen molar-refractivity contribution in [2.75, 3.05) is 13.1 Å². The second-order valence-corrected chi connectivity index (χ2v) is 4.95. The molecule has 2 unspecified atom stereocenters. The summed E-state index contributed by atoms with van der Waals surface area (Å²) in [5.74, 6) is -1.62. The van der Waals surface area contributed by atoms with Gasteiger partial charge in [0.15, 0.2) is 0 Å². The van der Waals surface area contributed by atoms with Gasteiger partial charge in [-0.2, -0.15) is 13.2 Å². The third-order valence-corrected chi connectivity index (χ3v) is 3.39. The molecule has 0 heterocycles. The largest absolute Gasteiger partial charge is 0.481 e. The van der Waals surface area contributed by atoms with Crippen molar-refractivity contribution in [1.82, 2.24) is 10.6 Å². The molecular formula is C11H17F3N2O3. The highest BCUT2D eigenvalue weighted by atomic mass is 19.4. The number of halogens is 3. The van der Waals surface area contributed by atoms with Gasteiger partial charge < -0.3 is 15.7 Å². The lowest BCUT2D eigenvalue weighted by Crippen LogP contribution is -2.49. The van der Waals surface area contributed by atoms with Crippen LogP contribution in [0.3, 0.4) is 0 Å². The lowest BCUT2D eigenvalue weighted by molar-refractivity contribution is -0.149. The van der Waals surface area contributed by atoms with Crippen LogP contribution in [0.4, 0.5) is 13.2 Å². The molecule has 0 aromatic rings.